The first kappa shape index (κ1) is 22.2. The van der Waals surface area contributed by atoms with Gasteiger partial charge in [0.15, 0.2) is 15.6 Å². The molecule has 30 heavy (non-hydrogen) atoms. The summed E-state index contributed by atoms with van der Waals surface area (Å²) in [6.07, 6.45) is 0. The van der Waals surface area contributed by atoms with Crippen LogP contribution in [-0.4, -0.2) is 52.3 Å². The number of thiocarbonyl (C=S) groups is 1. The molecule has 1 aromatic heterocycles. The predicted octanol–water partition coefficient (Wildman–Crippen LogP) is 3.32. The largest absolute Gasteiger partial charge is 0.351 e. The number of hydrogen-bond donors (Lipinski definition) is 0. The first-order valence-electron chi connectivity index (χ1n) is 9.17. The molecule has 0 fully saturated rings. The summed E-state index contributed by atoms with van der Waals surface area (Å²) >= 11 is 10.9. The SMILES string of the molecule is Cc1nc2ccccc2c(=S)n1CC(=O)CS(=O)(=O)CN(C)C(=S)c1ccccc1. The molecule has 0 N–H and O–H groups in total. The third-order valence-electron chi connectivity index (χ3n) is 4.53. The molecule has 3 aromatic rings. The number of sulfone groups is 1. The summed E-state index contributed by atoms with van der Waals surface area (Å²) in [6.45, 7) is 1.60. The van der Waals surface area contributed by atoms with Crippen LogP contribution in [0.25, 0.3) is 10.9 Å². The van der Waals surface area contributed by atoms with Gasteiger partial charge in [-0.25, -0.2) is 13.4 Å². The third-order valence-corrected chi connectivity index (χ3v) is 7.06. The fourth-order valence-corrected chi connectivity index (χ4v) is 5.18. The Kier molecular flexibility index (Phi) is 6.74. The summed E-state index contributed by atoms with van der Waals surface area (Å²) < 4.78 is 27.2. The van der Waals surface area contributed by atoms with Crippen molar-refractivity contribution in [1.82, 2.24) is 14.5 Å². The number of nitrogens with zero attached hydrogens (tertiary/aromatic N) is 3. The van der Waals surface area contributed by atoms with E-state index >= 15 is 0 Å². The Morgan fingerprint density at radius 3 is 2.43 bits per heavy atom. The van der Waals surface area contributed by atoms with Gasteiger partial charge in [-0.15, -0.1) is 0 Å². The predicted molar refractivity (Wildman–Crippen MR) is 125 cm³/mol. The van der Waals surface area contributed by atoms with Gasteiger partial charge >= 0.3 is 0 Å². The monoisotopic (exact) mass is 459 g/mol. The maximum absolute atomic E-state index is 12.6. The Bertz CT molecular complexity index is 1270. The van der Waals surface area contributed by atoms with Crippen molar-refractivity contribution in [3.05, 3.63) is 70.6 Å². The molecule has 0 bridgehead atoms. The van der Waals surface area contributed by atoms with Crippen LogP contribution in [0.15, 0.2) is 54.6 Å². The lowest BCUT2D eigenvalue weighted by atomic mass is 10.2. The summed E-state index contributed by atoms with van der Waals surface area (Å²) in [5, 5.41) is 0.752. The molecule has 1 heterocycles. The molecule has 0 aliphatic rings. The molecule has 0 saturated carbocycles. The fraction of sp³-hybridized carbons (Fsp3) is 0.238. The molecule has 0 atom stereocenters. The van der Waals surface area contributed by atoms with Crippen molar-refractivity contribution in [2.75, 3.05) is 18.7 Å². The van der Waals surface area contributed by atoms with Crippen molar-refractivity contribution in [1.29, 1.82) is 0 Å². The average Bonchev–Trinajstić information content (AvgIpc) is 2.70. The number of Topliss-reactive ketones (excluding diaryl/α,β-unsaturated/α-hetero) is 1. The molecule has 0 radical (unpaired) electrons. The minimum absolute atomic E-state index is 0.144. The van der Waals surface area contributed by atoms with E-state index in [4.69, 9.17) is 24.4 Å². The van der Waals surface area contributed by atoms with Crippen LogP contribution < -0.4 is 0 Å². The number of ketones is 1. The van der Waals surface area contributed by atoms with Crippen LogP contribution in [0.4, 0.5) is 0 Å². The van der Waals surface area contributed by atoms with Gasteiger partial charge in [0, 0.05) is 18.0 Å². The van der Waals surface area contributed by atoms with E-state index in [1.807, 2.05) is 54.6 Å². The molecule has 9 heteroatoms. The molecule has 0 aliphatic heterocycles. The van der Waals surface area contributed by atoms with Crippen molar-refractivity contribution < 1.29 is 13.2 Å². The minimum Gasteiger partial charge on any atom is -0.351 e. The normalized spacial score (nSPS) is 11.4. The van der Waals surface area contributed by atoms with Gasteiger partial charge < -0.3 is 9.47 Å². The lowest BCUT2D eigenvalue weighted by Crippen LogP contribution is -2.34. The van der Waals surface area contributed by atoms with E-state index in [0.717, 1.165) is 16.5 Å². The molecule has 0 aliphatic carbocycles. The number of aromatic nitrogens is 2. The second kappa shape index (κ2) is 9.11. The van der Waals surface area contributed by atoms with Crippen LogP contribution >= 0.6 is 24.4 Å². The second-order valence-electron chi connectivity index (χ2n) is 6.99. The zero-order valence-electron chi connectivity index (χ0n) is 16.6. The van der Waals surface area contributed by atoms with Crippen LogP contribution in [0, 0.1) is 11.6 Å². The van der Waals surface area contributed by atoms with Gasteiger partial charge in [-0.1, -0.05) is 66.9 Å². The van der Waals surface area contributed by atoms with Crippen molar-refractivity contribution in [2.45, 2.75) is 13.5 Å². The molecular formula is C21H21N3O3S3. The molecule has 0 amide bonds. The zero-order valence-corrected chi connectivity index (χ0v) is 19.1. The van der Waals surface area contributed by atoms with Crippen molar-refractivity contribution in [2.24, 2.45) is 0 Å². The van der Waals surface area contributed by atoms with E-state index in [-0.39, 0.29) is 12.4 Å². The molecule has 0 spiro atoms. The highest BCUT2D eigenvalue weighted by Gasteiger charge is 2.21. The standard InChI is InChI=1S/C21H21N3O3S3/c1-15-22-19-11-7-6-10-18(19)21(29)24(15)12-17(25)13-30(26,27)14-23(2)20(28)16-8-4-3-5-9-16/h3-11H,12-14H2,1-2H3. The summed E-state index contributed by atoms with van der Waals surface area (Å²) in [4.78, 5) is 18.9. The number of benzene rings is 2. The highest BCUT2D eigenvalue weighted by Crippen LogP contribution is 2.15. The zero-order chi connectivity index (χ0) is 21.9. The first-order valence-corrected chi connectivity index (χ1v) is 11.8. The van der Waals surface area contributed by atoms with Crippen molar-refractivity contribution in [3.63, 3.8) is 0 Å². The van der Waals surface area contributed by atoms with Gasteiger partial charge in [0.05, 0.1) is 12.1 Å². The Labute approximate surface area is 186 Å². The van der Waals surface area contributed by atoms with Gasteiger partial charge in [-0.05, 0) is 19.1 Å². The van der Waals surface area contributed by atoms with Crippen LogP contribution in [0.3, 0.4) is 0 Å². The molecular weight excluding hydrogens is 438 g/mol. The van der Waals surface area contributed by atoms with E-state index < -0.39 is 21.4 Å². The van der Waals surface area contributed by atoms with E-state index in [2.05, 4.69) is 4.98 Å². The number of rotatable bonds is 7. The highest BCUT2D eigenvalue weighted by molar-refractivity contribution is 7.92. The summed E-state index contributed by atoms with van der Waals surface area (Å²) in [7, 11) is -2.10. The van der Waals surface area contributed by atoms with Crippen molar-refractivity contribution in [3.8, 4) is 0 Å². The Balaban J connectivity index is 1.72. The van der Waals surface area contributed by atoms with Crippen LogP contribution in [0.2, 0.25) is 0 Å². The Morgan fingerprint density at radius 1 is 1.10 bits per heavy atom. The van der Waals surface area contributed by atoms with E-state index in [1.54, 1.807) is 18.5 Å². The van der Waals surface area contributed by atoms with Crippen LogP contribution in [-0.2, 0) is 21.2 Å². The maximum Gasteiger partial charge on any atom is 0.175 e. The Morgan fingerprint density at radius 2 is 1.73 bits per heavy atom. The van der Waals surface area contributed by atoms with Gasteiger partial charge in [0.25, 0.3) is 0 Å². The molecule has 0 unspecified atom stereocenters. The van der Waals surface area contributed by atoms with Crippen LogP contribution in [0.5, 0.6) is 0 Å². The molecule has 156 valence electrons. The van der Waals surface area contributed by atoms with Crippen LogP contribution in [0.1, 0.15) is 11.4 Å². The summed E-state index contributed by atoms with van der Waals surface area (Å²) in [6, 6.07) is 16.5. The number of carbonyl (C=O) groups is 1. The molecule has 0 saturated heterocycles. The summed E-state index contributed by atoms with van der Waals surface area (Å²) in [5.41, 5.74) is 1.49. The molecule has 2 aromatic carbocycles. The Hall–Kier alpha value is -2.49. The quantitative estimate of drug-likeness (QED) is 0.502. The van der Waals surface area contributed by atoms with E-state index in [9.17, 15) is 13.2 Å². The molecule has 6 nitrogen and oxygen atoms in total. The topological polar surface area (TPSA) is 72.3 Å². The number of para-hydroxylation sites is 1. The minimum atomic E-state index is -3.70. The van der Waals surface area contributed by atoms with Crippen molar-refractivity contribution >= 4 is 55.9 Å². The molecule has 3 rings (SSSR count). The third kappa shape index (κ3) is 5.16. The van der Waals surface area contributed by atoms with Gasteiger partial charge in [0.1, 0.15) is 27.1 Å². The van der Waals surface area contributed by atoms with E-state index in [1.165, 1.54) is 4.90 Å². The first-order chi connectivity index (χ1) is 14.2. The highest BCUT2D eigenvalue weighted by atomic mass is 32.2. The van der Waals surface area contributed by atoms with Gasteiger partial charge in [-0.2, -0.15) is 0 Å². The lowest BCUT2D eigenvalue weighted by molar-refractivity contribution is -0.117. The van der Waals surface area contributed by atoms with Gasteiger partial charge in [-0.3, -0.25) is 4.79 Å². The second-order valence-corrected chi connectivity index (χ2v) is 9.80. The maximum atomic E-state index is 12.6. The lowest BCUT2D eigenvalue weighted by Gasteiger charge is -2.20. The number of fused-ring (bicyclic) bond motifs is 1. The summed E-state index contributed by atoms with van der Waals surface area (Å²) in [5.74, 6) is -0.826. The fourth-order valence-electron chi connectivity index (χ4n) is 3.13. The number of hydrogen-bond acceptors (Lipinski definition) is 6. The van der Waals surface area contributed by atoms with Gasteiger partial charge in [0.2, 0.25) is 0 Å². The average molecular weight is 460 g/mol. The smallest absolute Gasteiger partial charge is 0.175 e. The number of carbonyl (C=O) groups excluding carboxylic acids is 1. The number of aryl methyl sites for hydroxylation is 1. The van der Waals surface area contributed by atoms with E-state index in [0.29, 0.717) is 15.5 Å².